The summed E-state index contributed by atoms with van der Waals surface area (Å²) in [5.41, 5.74) is 5.12. The quantitative estimate of drug-likeness (QED) is 0.776. The fourth-order valence-electron chi connectivity index (χ4n) is 6.23. The molecule has 1 aromatic heterocycles. The van der Waals surface area contributed by atoms with Gasteiger partial charge in [-0.2, -0.15) is 0 Å². The Bertz CT molecular complexity index is 831. The molecule has 1 spiro atoms. The van der Waals surface area contributed by atoms with Crippen LogP contribution in [0.2, 0.25) is 0 Å². The van der Waals surface area contributed by atoms with E-state index in [-0.39, 0.29) is 11.0 Å². The van der Waals surface area contributed by atoms with Gasteiger partial charge in [0, 0.05) is 30.0 Å². The van der Waals surface area contributed by atoms with Gasteiger partial charge >= 0.3 is 0 Å². The summed E-state index contributed by atoms with van der Waals surface area (Å²) < 4.78 is 6.46. The van der Waals surface area contributed by atoms with Crippen molar-refractivity contribution in [3.05, 3.63) is 59.4 Å². The Balaban J connectivity index is 1.31. The summed E-state index contributed by atoms with van der Waals surface area (Å²) in [7, 11) is 5.96. The van der Waals surface area contributed by atoms with Crippen LogP contribution >= 0.6 is 0 Å². The van der Waals surface area contributed by atoms with E-state index in [1.54, 1.807) is 0 Å². The molecule has 1 N–H and O–H groups in total. The highest BCUT2D eigenvalue weighted by atomic mass is 16.5. The van der Waals surface area contributed by atoms with Crippen molar-refractivity contribution in [2.75, 3.05) is 13.2 Å². The highest BCUT2D eigenvalue weighted by Gasteiger charge is 2.47. The van der Waals surface area contributed by atoms with E-state index in [9.17, 15) is 0 Å². The van der Waals surface area contributed by atoms with Gasteiger partial charge in [-0.15, -0.1) is 0 Å². The number of benzene rings is 1. The third-order valence-corrected chi connectivity index (χ3v) is 7.83. The highest BCUT2D eigenvalue weighted by molar-refractivity contribution is 6.32. The summed E-state index contributed by atoms with van der Waals surface area (Å²) in [5, 5.41) is 3.88. The van der Waals surface area contributed by atoms with Gasteiger partial charge in [0.2, 0.25) is 0 Å². The number of hydrogen-bond acceptors (Lipinski definition) is 3. The first-order valence-electron chi connectivity index (χ1n) is 11.8. The maximum Gasteiger partial charge on any atom is 0.115 e. The molecule has 2 heterocycles. The minimum atomic E-state index is 0.0587. The van der Waals surface area contributed by atoms with Crippen molar-refractivity contribution in [2.45, 2.75) is 81.3 Å². The van der Waals surface area contributed by atoms with E-state index < -0.39 is 0 Å². The number of rotatable bonds is 5. The minimum absolute atomic E-state index is 0.0587. The third-order valence-electron chi connectivity index (χ3n) is 7.83. The number of aromatic nitrogens is 1. The molecule has 1 saturated carbocycles. The van der Waals surface area contributed by atoms with E-state index in [2.05, 4.69) is 35.6 Å². The van der Waals surface area contributed by atoms with Gasteiger partial charge in [-0.1, -0.05) is 55.1 Å². The molecule has 2 aromatic rings. The number of fused-ring (bicyclic) bond motifs is 1. The lowest BCUT2D eigenvalue weighted by Gasteiger charge is -2.49. The molecule has 2 radical (unpaired) electrons. The van der Waals surface area contributed by atoms with E-state index in [0.717, 1.165) is 50.7 Å². The molecule has 1 saturated heterocycles. The second-order valence-corrected chi connectivity index (χ2v) is 9.85. The monoisotopic (exact) mass is 400 g/mol. The van der Waals surface area contributed by atoms with Gasteiger partial charge in [-0.3, -0.25) is 4.98 Å². The van der Waals surface area contributed by atoms with Crippen molar-refractivity contribution in [2.24, 2.45) is 0 Å². The summed E-state index contributed by atoms with van der Waals surface area (Å²) in [6.45, 7) is 1.88. The van der Waals surface area contributed by atoms with E-state index >= 15 is 0 Å². The van der Waals surface area contributed by atoms with E-state index in [4.69, 9.17) is 17.6 Å². The van der Waals surface area contributed by atoms with Crippen LogP contribution in [-0.2, 0) is 23.0 Å². The number of ether oxygens (including phenoxy) is 1. The van der Waals surface area contributed by atoms with Gasteiger partial charge in [0.05, 0.1) is 5.60 Å². The van der Waals surface area contributed by atoms with Gasteiger partial charge in [0.15, 0.2) is 0 Å². The molecule has 1 aromatic carbocycles. The standard InChI is InChI=1S/C26H33BN2O/c27-22-8-9-24(29-18-22)25(13-15-30-26(19-25)10-4-1-5-11-26)12-14-28-23-16-20-6-2-3-7-21(20)17-23/h2-3,6-9,18,23,28H,1,4-5,10-17,19H2. The summed E-state index contributed by atoms with van der Waals surface area (Å²) in [5.74, 6) is 0. The molecular weight excluding hydrogens is 367 g/mol. The van der Waals surface area contributed by atoms with Gasteiger partial charge < -0.3 is 10.1 Å². The summed E-state index contributed by atoms with van der Waals surface area (Å²) >= 11 is 0. The number of nitrogens with zero attached hydrogens (tertiary/aromatic N) is 1. The van der Waals surface area contributed by atoms with Crippen LogP contribution in [0.15, 0.2) is 42.6 Å². The smallest absolute Gasteiger partial charge is 0.115 e. The first kappa shape index (κ1) is 20.3. The van der Waals surface area contributed by atoms with Crippen LogP contribution in [0.3, 0.4) is 0 Å². The van der Waals surface area contributed by atoms with Crippen LogP contribution in [0.25, 0.3) is 0 Å². The zero-order valence-electron chi connectivity index (χ0n) is 18.0. The Morgan fingerprint density at radius 2 is 1.77 bits per heavy atom. The van der Waals surface area contributed by atoms with Crippen LogP contribution in [0, 0.1) is 0 Å². The van der Waals surface area contributed by atoms with Crippen LogP contribution in [0.5, 0.6) is 0 Å². The Morgan fingerprint density at radius 3 is 2.47 bits per heavy atom. The molecule has 1 unspecified atom stereocenters. The summed E-state index contributed by atoms with van der Waals surface area (Å²) in [4.78, 5) is 4.83. The average molecular weight is 400 g/mol. The molecule has 1 atom stereocenters. The topological polar surface area (TPSA) is 34.1 Å². The zero-order valence-corrected chi connectivity index (χ0v) is 18.0. The first-order chi connectivity index (χ1) is 14.7. The summed E-state index contributed by atoms with van der Waals surface area (Å²) in [6, 6.07) is 13.6. The molecule has 0 amide bonds. The van der Waals surface area contributed by atoms with Crippen molar-refractivity contribution in [1.82, 2.24) is 10.3 Å². The SMILES string of the molecule is [B]c1ccc(C2(CCNC3Cc4ccccc4C3)CCOC3(CCCCC3)C2)nc1. The van der Waals surface area contributed by atoms with E-state index in [1.165, 1.54) is 48.9 Å². The van der Waals surface area contributed by atoms with Crippen molar-refractivity contribution in [3.63, 3.8) is 0 Å². The second-order valence-electron chi connectivity index (χ2n) is 9.85. The number of hydrogen-bond donors (Lipinski definition) is 1. The Kier molecular flexibility index (Phi) is 5.72. The molecule has 1 aliphatic heterocycles. The Hall–Kier alpha value is -1.65. The molecule has 5 rings (SSSR count). The number of nitrogens with one attached hydrogen (secondary N) is 1. The lowest BCUT2D eigenvalue weighted by atomic mass is 9.65. The minimum Gasteiger partial charge on any atom is -0.375 e. The average Bonchev–Trinajstić information content (AvgIpc) is 3.18. The molecule has 3 aliphatic rings. The fraction of sp³-hybridized carbons (Fsp3) is 0.577. The molecule has 2 fully saturated rings. The molecular formula is C26H33BN2O. The lowest BCUT2D eigenvalue weighted by molar-refractivity contribution is -0.127. The van der Waals surface area contributed by atoms with Gasteiger partial charge in [0.1, 0.15) is 7.85 Å². The molecule has 2 aliphatic carbocycles. The van der Waals surface area contributed by atoms with Crippen LogP contribution < -0.4 is 10.8 Å². The predicted octanol–water partition coefficient (Wildman–Crippen LogP) is 3.77. The normalized spacial score (nSPS) is 26.0. The lowest BCUT2D eigenvalue weighted by Crippen LogP contribution is -2.50. The highest BCUT2D eigenvalue weighted by Crippen LogP contribution is 2.48. The molecule has 0 bridgehead atoms. The van der Waals surface area contributed by atoms with Crippen molar-refractivity contribution < 1.29 is 4.74 Å². The third kappa shape index (κ3) is 4.09. The molecule has 156 valence electrons. The van der Waals surface area contributed by atoms with Gasteiger partial charge in [-0.05, 0) is 68.7 Å². The van der Waals surface area contributed by atoms with Crippen molar-refractivity contribution in [1.29, 1.82) is 0 Å². The van der Waals surface area contributed by atoms with Crippen LogP contribution in [-0.4, -0.2) is 37.6 Å². The second kappa shape index (κ2) is 8.47. The maximum atomic E-state index is 6.46. The maximum absolute atomic E-state index is 6.46. The number of pyridine rings is 1. The first-order valence-corrected chi connectivity index (χ1v) is 11.8. The largest absolute Gasteiger partial charge is 0.375 e. The molecule has 30 heavy (non-hydrogen) atoms. The predicted molar refractivity (Wildman–Crippen MR) is 123 cm³/mol. The Labute approximate surface area is 182 Å². The molecule has 4 heteroatoms. The van der Waals surface area contributed by atoms with Crippen LogP contribution in [0.4, 0.5) is 0 Å². The van der Waals surface area contributed by atoms with Gasteiger partial charge in [-0.25, -0.2) is 0 Å². The van der Waals surface area contributed by atoms with Crippen molar-refractivity contribution >= 4 is 13.3 Å². The Morgan fingerprint density at radius 1 is 1.00 bits per heavy atom. The summed E-state index contributed by atoms with van der Waals surface area (Å²) in [6.07, 6.45) is 13.7. The zero-order chi connectivity index (χ0) is 20.4. The van der Waals surface area contributed by atoms with E-state index in [0.29, 0.717) is 6.04 Å². The fourth-order valence-corrected chi connectivity index (χ4v) is 6.23. The molecule has 3 nitrogen and oxygen atoms in total. The van der Waals surface area contributed by atoms with Crippen LogP contribution in [0.1, 0.15) is 68.2 Å². The van der Waals surface area contributed by atoms with Gasteiger partial charge in [0.25, 0.3) is 0 Å². The van der Waals surface area contributed by atoms with Crippen molar-refractivity contribution in [3.8, 4) is 0 Å². The van der Waals surface area contributed by atoms with E-state index in [1.807, 2.05) is 12.3 Å².